The van der Waals surface area contributed by atoms with Crippen molar-refractivity contribution in [2.24, 2.45) is 0 Å². The molecule has 0 aromatic heterocycles. The van der Waals surface area contributed by atoms with Crippen LogP contribution in [-0.2, 0) is 9.53 Å². The average molecular weight is 291 g/mol. The molecule has 108 valence electrons. The van der Waals surface area contributed by atoms with Crippen LogP contribution >= 0.6 is 12.4 Å². The highest BCUT2D eigenvalue weighted by Crippen LogP contribution is 2.14. The molecule has 1 aliphatic rings. The van der Waals surface area contributed by atoms with Crippen molar-refractivity contribution in [3.63, 3.8) is 0 Å². The van der Waals surface area contributed by atoms with Crippen molar-refractivity contribution in [2.75, 3.05) is 26.3 Å². The third-order valence-electron chi connectivity index (χ3n) is 2.48. The summed E-state index contributed by atoms with van der Waals surface area (Å²) >= 11 is 0. The highest BCUT2D eigenvalue weighted by Gasteiger charge is 2.27. The SMILES string of the molecule is Cl.O=C(COCC(F)(F)F)NCC[C@H]1CCCN1. The predicted molar refractivity (Wildman–Crippen MR) is 62.8 cm³/mol. The first-order valence-electron chi connectivity index (χ1n) is 5.62. The Morgan fingerprint density at radius 3 is 2.72 bits per heavy atom. The van der Waals surface area contributed by atoms with E-state index in [1.807, 2.05) is 0 Å². The summed E-state index contributed by atoms with van der Waals surface area (Å²) in [6, 6.07) is 0.409. The van der Waals surface area contributed by atoms with E-state index in [0.29, 0.717) is 12.6 Å². The van der Waals surface area contributed by atoms with Crippen molar-refractivity contribution < 1.29 is 22.7 Å². The topological polar surface area (TPSA) is 50.4 Å². The minimum Gasteiger partial charge on any atom is -0.362 e. The first-order valence-corrected chi connectivity index (χ1v) is 5.62. The second-order valence-corrected chi connectivity index (χ2v) is 4.04. The van der Waals surface area contributed by atoms with Crippen molar-refractivity contribution in [2.45, 2.75) is 31.5 Å². The van der Waals surface area contributed by atoms with Crippen LogP contribution in [0.25, 0.3) is 0 Å². The largest absolute Gasteiger partial charge is 0.411 e. The molecule has 0 aliphatic carbocycles. The fourth-order valence-corrected chi connectivity index (χ4v) is 1.70. The molecule has 0 aromatic rings. The quantitative estimate of drug-likeness (QED) is 0.774. The van der Waals surface area contributed by atoms with Gasteiger partial charge in [0.25, 0.3) is 0 Å². The summed E-state index contributed by atoms with van der Waals surface area (Å²) in [4.78, 5) is 11.1. The van der Waals surface area contributed by atoms with Gasteiger partial charge in [0.15, 0.2) is 0 Å². The summed E-state index contributed by atoms with van der Waals surface area (Å²) in [7, 11) is 0. The van der Waals surface area contributed by atoms with Gasteiger partial charge in [-0.25, -0.2) is 0 Å². The molecule has 1 fully saturated rings. The van der Waals surface area contributed by atoms with Gasteiger partial charge in [-0.2, -0.15) is 13.2 Å². The lowest BCUT2D eigenvalue weighted by molar-refractivity contribution is -0.175. The molecule has 1 aliphatic heterocycles. The number of ether oxygens (including phenoxy) is 1. The molecule has 0 aromatic carbocycles. The van der Waals surface area contributed by atoms with Gasteiger partial charge in [0, 0.05) is 12.6 Å². The normalized spacial score (nSPS) is 19.4. The van der Waals surface area contributed by atoms with E-state index in [2.05, 4.69) is 15.4 Å². The molecule has 1 amide bonds. The Balaban J connectivity index is 0.00000289. The van der Waals surface area contributed by atoms with E-state index >= 15 is 0 Å². The fourth-order valence-electron chi connectivity index (χ4n) is 1.70. The molecule has 1 atom stereocenters. The van der Waals surface area contributed by atoms with E-state index in [4.69, 9.17) is 0 Å². The molecule has 0 bridgehead atoms. The van der Waals surface area contributed by atoms with E-state index < -0.39 is 25.3 Å². The summed E-state index contributed by atoms with van der Waals surface area (Å²) in [6.07, 6.45) is -1.37. The number of rotatable bonds is 6. The molecule has 1 saturated heterocycles. The average Bonchev–Trinajstić information content (AvgIpc) is 2.68. The van der Waals surface area contributed by atoms with Crippen molar-refractivity contribution in [1.29, 1.82) is 0 Å². The monoisotopic (exact) mass is 290 g/mol. The molecule has 4 nitrogen and oxygen atoms in total. The molecule has 2 N–H and O–H groups in total. The predicted octanol–water partition coefficient (Wildman–Crippen LogP) is 1.25. The van der Waals surface area contributed by atoms with E-state index in [1.54, 1.807) is 0 Å². The van der Waals surface area contributed by atoms with Crippen LogP contribution < -0.4 is 10.6 Å². The van der Waals surface area contributed by atoms with Gasteiger partial charge in [0.05, 0.1) is 0 Å². The lowest BCUT2D eigenvalue weighted by atomic mass is 10.1. The molecule has 0 saturated carbocycles. The van der Waals surface area contributed by atoms with Gasteiger partial charge < -0.3 is 15.4 Å². The number of carbonyl (C=O) groups is 1. The molecule has 1 heterocycles. The highest BCUT2D eigenvalue weighted by molar-refractivity contribution is 5.85. The Hall–Kier alpha value is -0.530. The minimum atomic E-state index is -4.38. The molecule has 1 rings (SSSR count). The zero-order chi connectivity index (χ0) is 12.7. The summed E-state index contributed by atoms with van der Waals surface area (Å²) < 4.78 is 39.3. The molecular weight excluding hydrogens is 273 g/mol. The van der Waals surface area contributed by atoms with E-state index in [0.717, 1.165) is 25.8 Å². The van der Waals surface area contributed by atoms with Crippen LogP contribution in [0.2, 0.25) is 0 Å². The maximum absolute atomic E-state index is 11.7. The molecule has 0 spiro atoms. The van der Waals surface area contributed by atoms with Crippen molar-refractivity contribution >= 4 is 18.3 Å². The first kappa shape index (κ1) is 17.5. The Morgan fingerprint density at radius 2 is 2.17 bits per heavy atom. The summed E-state index contributed by atoms with van der Waals surface area (Å²) in [5.74, 6) is -0.507. The van der Waals surface area contributed by atoms with Gasteiger partial charge >= 0.3 is 6.18 Å². The lowest BCUT2D eigenvalue weighted by Crippen LogP contribution is -2.33. The van der Waals surface area contributed by atoms with Crippen LogP contribution in [0.15, 0.2) is 0 Å². The number of carbonyl (C=O) groups excluding carboxylic acids is 1. The van der Waals surface area contributed by atoms with Gasteiger partial charge in [0.2, 0.25) is 5.91 Å². The lowest BCUT2D eigenvalue weighted by Gasteiger charge is -2.11. The molecule has 18 heavy (non-hydrogen) atoms. The standard InChI is InChI=1S/C10H17F3N2O2.ClH/c11-10(12,13)7-17-6-9(16)15-5-3-8-2-1-4-14-8;/h8,14H,1-7H2,(H,15,16);1H/t8-;/m1./s1. The van der Waals surface area contributed by atoms with Gasteiger partial charge in [-0.05, 0) is 25.8 Å². The van der Waals surface area contributed by atoms with Gasteiger partial charge in [-0.1, -0.05) is 0 Å². The number of hydrogen-bond acceptors (Lipinski definition) is 3. The molecular formula is C10H18ClF3N2O2. The minimum absolute atomic E-state index is 0. The summed E-state index contributed by atoms with van der Waals surface area (Å²) in [5.41, 5.74) is 0. The van der Waals surface area contributed by atoms with E-state index in [1.165, 1.54) is 0 Å². The number of halogens is 4. The Labute approximate surface area is 110 Å². The number of alkyl halides is 3. The van der Waals surface area contributed by atoms with Crippen LogP contribution in [-0.4, -0.2) is 44.4 Å². The highest BCUT2D eigenvalue weighted by atomic mass is 35.5. The van der Waals surface area contributed by atoms with Crippen molar-refractivity contribution in [3.05, 3.63) is 0 Å². The maximum atomic E-state index is 11.7. The van der Waals surface area contributed by atoms with Crippen LogP contribution in [0.3, 0.4) is 0 Å². The Morgan fingerprint density at radius 1 is 1.44 bits per heavy atom. The zero-order valence-electron chi connectivity index (χ0n) is 9.89. The maximum Gasteiger partial charge on any atom is 0.411 e. The van der Waals surface area contributed by atoms with Crippen LogP contribution in [0, 0.1) is 0 Å². The summed E-state index contributed by atoms with van der Waals surface area (Å²) in [5, 5.41) is 5.79. The Bertz CT molecular complexity index is 246. The van der Waals surface area contributed by atoms with Crippen LogP contribution in [0.4, 0.5) is 13.2 Å². The Kier molecular flexibility index (Phi) is 8.30. The van der Waals surface area contributed by atoms with E-state index in [-0.39, 0.29) is 12.4 Å². The second-order valence-electron chi connectivity index (χ2n) is 4.04. The first-order chi connectivity index (χ1) is 7.97. The molecule has 8 heteroatoms. The molecule has 0 unspecified atom stereocenters. The van der Waals surface area contributed by atoms with Crippen molar-refractivity contribution in [3.8, 4) is 0 Å². The van der Waals surface area contributed by atoms with Crippen LogP contribution in [0.1, 0.15) is 19.3 Å². The molecule has 0 radical (unpaired) electrons. The number of amides is 1. The summed E-state index contributed by atoms with van der Waals surface area (Å²) in [6.45, 7) is -0.471. The third-order valence-corrected chi connectivity index (χ3v) is 2.48. The third kappa shape index (κ3) is 8.54. The zero-order valence-corrected chi connectivity index (χ0v) is 10.7. The smallest absolute Gasteiger partial charge is 0.362 e. The van der Waals surface area contributed by atoms with E-state index in [9.17, 15) is 18.0 Å². The van der Waals surface area contributed by atoms with Gasteiger partial charge in [0.1, 0.15) is 13.2 Å². The fraction of sp³-hybridized carbons (Fsp3) is 0.900. The number of nitrogens with one attached hydrogen (secondary N) is 2. The van der Waals surface area contributed by atoms with Crippen LogP contribution in [0.5, 0.6) is 0 Å². The second kappa shape index (κ2) is 8.55. The number of hydrogen-bond donors (Lipinski definition) is 2. The van der Waals surface area contributed by atoms with Gasteiger partial charge in [-0.15, -0.1) is 12.4 Å². The van der Waals surface area contributed by atoms with Crippen molar-refractivity contribution in [1.82, 2.24) is 10.6 Å². The van der Waals surface area contributed by atoms with Gasteiger partial charge in [-0.3, -0.25) is 4.79 Å².